The molecule has 0 saturated heterocycles. The number of hydroxylamine groups is 1. The first-order chi connectivity index (χ1) is 8.33. The third-order valence-corrected chi connectivity index (χ3v) is 2.10. The van der Waals surface area contributed by atoms with Crippen LogP contribution in [0.3, 0.4) is 0 Å². The minimum Gasteiger partial charge on any atom is -0.442 e. The number of halogens is 1. The summed E-state index contributed by atoms with van der Waals surface area (Å²) in [5.41, 5.74) is 1.61. The molecule has 1 N–H and O–H groups in total. The average Bonchev–Trinajstić information content (AvgIpc) is 2.24. The van der Waals surface area contributed by atoms with Crippen molar-refractivity contribution in [3.8, 4) is 5.75 Å². The van der Waals surface area contributed by atoms with Crippen LogP contribution >= 0.6 is 11.6 Å². The quantitative estimate of drug-likeness (QED) is 0.678. The zero-order valence-electron chi connectivity index (χ0n) is 10.3. The lowest BCUT2D eigenvalue weighted by Gasteiger charge is -2.19. The van der Waals surface area contributed by atoms with Gasteiger partial charge < -0.3 is 9.57 Å². The lowest BCUT2D eigenvalue weighted by Crippen LogP contribution is -2.34. The van der Waals surface area contributed by atoms with E-state index < -0.39 is 11.7 Å². The predicted octanol–water partition coefficient (Wildman–Crippen LogP) is 2.97. The fourth-order valence-corrected chi connectivity index (χ4v) is 1.33. The highest BCUT2D eigenvalue weighted by Gasteiger charge is 2.17. The van der Waals surface area contributed by atoms with Crippen LogP contribution in [0, 0.1) is 0 Å². The van der Waals surface area contributed by atoms with Crippen molar-refractivity contribution in [2.45, 2.75) is 26.4 Å². The fourth-order valence-electron chi connectivity index (χ4n) is 1.12. The van der Waals surface area contributed by atoms with Crippen LogP contribution in [0.4, 0.5) is 4.79 Å². The summed E-state index contributed by atoms with van der Waals surface area (Å²) in [5.74, 6) is 0.156. The Hall–Kier alpha value is -1.75. The standard InChI is InChI=1S/C12H14ClNO4/c1-12(2,3)17-11(16)14-18-10-6-4-5-9(13)8(10)7-15/h4-7H,1-3H3,(H,14,16). The Morgan fingerprint density at radius 3 is 2.61 bits per heavy atom. The molecule has 0 unspecified atom stereocenters. The topological polar surface area (TPSA) is 64.6 Å². The third-order valence-electron chi connectivity index (χ3n) is 1.77. The lowest BCUT2D eigenvalue weighted by atomic mass is 10.2. The zero-order chi connectivity index (χ0) is 13.8. The molecule has 0 fully saturated rings. The van der Waals surface area contributed by atoms with E-state index in [1.54, 1.807) is 32.9 Å². The summed E-state index contributed by atoms with van der Waals surface area (Å²) in [6.45, 7) is 5.18. The summed E-state index contributed by atoms with van der Waals surface area (Å²) >= 11 is 5.80. The van der Waals surface area contributed by atoms with E-state index in [1.165, 1.54) is 6.07 Å². The van der Waals surface area contributed by atoms with Crippen molar-refractivity contribution >= 4 is 24.0 Å². The Balaban J connectivity index is 2.67. The number of hydrogen-bond acceptors (Lipinski definition) is 4. The SMILES string of the molecule is CC(C)(C)OC(=O)NOc1cccc(Cl)c1C=O. The van der Waals surface area contributed by atoms with E-state index in [9.17, 15) is 9.59 Å². The molecule has 1 aromatic carbocycles. The summed E-state index contributed by atoms with van der Waals surface area (Å²) in [5, 5.41) is 0.244. The number of carbonyl (C=O) groups excluding carboxylic acids is 2. The maximum atomic E-state index is 11.3. The molecule has 0 aliphatic carbocycles. The van der Waals surface area contributed by atoms with Gasteiger partial charge in [0.2, 0.25) is 0 Å². The Labute approximate surface area is 110 Å². The molecule has 5 nitrogen and oxygen atoms in total. The maximum absolute atomic E-state index is 11.3. The van der Waals surface area contributed by atoms with Crippen LogP contribution in [0.25, 0.3) is 0 Å². The van der Waals surface area contributed by atoms with Gasteiger partial charge in [-0.1, -0.05) is 17.7 Å². The van der Waals surface area contributed by atoms with Crippen molar-refractivity contribution in [2.75, 3.05) is 0 Å². The van der Waals surface area contributed by atoms with Crippen molar-refractivity contribution in [3.05, 3.63) is 28.8 Å². The second-order valence-electron chi connectivity index (χ2n) is 4.48. The van der Waals surface area contributed by atoms with Crippen LogP contribution in [0.5, 0.6) is 5.75 Å². The number of benzene rings is 1. The number of nitrogens with one attached hydrogen (secondary N) is 1. The maximum Gasteiger partial charge on any atom is 0.441 e. The molecule has 6 heteroatoms. The van der Waals surface area contributed by atoms with Crippen LogP contribution in [-0.4, -0.2) is 18.0 Å². The largest absolute Gasteiger partial charge is 0.442 e. The number of rotatable bonds is 3. The van der Waals surface area contributed by atoms with Gasteiger partial charge in [0.1, 0.15) is 5.60 Å². The van der Waals surface area contributed by atoms with Gasteiger partial charge in [-0.15, -0.1) is 0 Å². The molecule has 0 heterocycles. The first kappa shape index (κ1) is 14.3. The molecule has 0 atom stereocenters. The molecule has 0 saturated carbocycles. The van der Waals surface area contributed by atoms with Crippen LogP contribution in [0.15, 0.2) is 18.2 Å². The van der Waals surface area contributed by atoms with Gasteiger partial charge in [-0.2, -0.15) is 5.48 Å². The Morgan fingerprint density at radius 1 is 1.39 bits per heavy atom. The molecule has 0 bridgehead atoms. The van der Waals surface area contributed by atoms with Gasteiger partial charge in [-0.3, -0.25) is 4.79 Å². The second-order valence-corrected chi connectivity index (χ2v) is 4.88. The number of amides is 1. The van der Waals surface area contributed by atoms with Crippen LogP contribution in [0.1, 0.15) is 31.1 Å². The summed E-state index contributed by atoms with van der Waals surface area (Å²) in [4.78, 5) is 27.1. The monoisotopic (exact) mass is 271 g/mol. The summed E-state index contributed by atoms with van der Waals surface area (Å²) < 4.78 is 4.97. The first-order valence-electron chi connectivity index (χ1n) is 5.23. The molecule has 0 aliphatic heterocycles. The highest BCUT2D eigenvalue weighted by atomic mass is 35.5. The zero-order valence-corrected chi connectivity index (χ0v) is 11.1. The van der Waals surface area contributed by atoms with Crippen LogP contribution < -0.4 is 10.3 Å². The molecule has 98 valence electrons. The summed E-state index contributed by atoms with van der Waals surface area (Å²) in [6.07, 6.45) is -0.201. The van der Waals surface area contributed by atoms with Gasteiger partial charge in [0.25, 0.3) is 0 Å². The molecule has 18 heavy (non-hydrogen) atoms. The minimum atomic E-state index is -0.751. The van der Waals surface area contributed by atoms with Gasteiger partial charge >= 0.3 is 6.09 Å². The van der Waals surface area contributed by atoms with Crippen molar-refractivity contribution in [2.24, 2.45) is 0 Å². The highest BCUT2D eigenvalue weighted by Crippen LogP contribution is 2.23. The number of aldehydes is 1. The number of ether oxygens (including phenoxy) is 1. The normalized spacial score (nSPS) is 10.7. The van der Waals surface area contributed by atoms with E-state index in [4.69, 9.17) is 21.2 Å². The highest BCUT2D eigenvalue weighted by molar-refractivity contribution is 6.33. The number of carbonyl (C=O) groups is 2. The van der Waals surface area contributed by atoms with Gasteiger partial charge in [0, 0.05) is 0 Å². The van der Waals surface area contributed by atoms with E-state index in [-0.39, 0.29) is 16.3 Å². The number of hydrogen-bond donors (Lipinski definition) is 1. The summed E-state index contributed by atoms with van der Waals surface area (Å²) in [7, 11) is 0. The predicted molar refractivity (Wildman–Crippen MR) is 66.8 cm³/mol. The second kappa shape index (κ2) is 5.73. The van der Waals surface area contributed by atoms with Crippen molar-refractivity contribution < 1.29 is 19.2 Å². The Morgan fingerprint density at radius 2 is 2.06 bits per heavy atom. The van der Waals surface area contributed by atoms with E-state index in [1.807, 2.05) is 0 Å². The molecular formula is C12H14ClNO4. The van der Waals surface area contributed by atoms with Gasteiger partial charge in [0.15, 0.2) is 12.0 Å². The smallest absolute Gasteiger partial charge is 0.441 e. The first-order valence-corrected chi connectivity index (χ1v) is 5.61. The molecule has 0 aliphatic rings. The Bertz CT molecular complexity index is 454. The lowest BCUT2D eigenvalue weighted by molar-refractivity contribution is 0.0285. The minimum absolute atomic E-state index is 0.156. The molecule has 1 rings (SSSR count). The van der Waals surface area contributed by atoms with Gasteiger partial charge in [-0.25, -0.2) is 4.79 Å². The Kier molecular flexibility index (Phi) is 4.55. The average molecular weight is 272 g/mol. The molecule has 1 amide bonds. The van der Waals surface area contributed by atoms with Crippen LogP contribution in [0.2, 0.25) is 5.02 Å². The molecule has 0 spiro atoms. The summed E-state index contributed by atoms with van der Waals surface area (Å²) in [6, 6.07) is 4.65. The molecule has 0 aromatic heterocycles. The molecule has 0 radical (unpaired) electrons. The van der Waals surface area contributed by atoms with Crippen LogP contribution in [-0.2, 0) is 4.74 Å². The van der Waals surface area contributed by atoms with Gasteiger partial charge in [-0.05, 0) is 32.9 Å². The van der Waals surface area contributed by atoms with Crippen molar-refractivity contribution in [1.29, 1.82) is 0 Å². The van der Waals surface area contributed by atoms with Crippen molar-refractivity contribution in [3.63, 3.8) is 0 Å². The molecular weight excluding hydrogens is 258 g/mol. The third kappa shape index (κ3) is 4.25. The van der Waals surface area contributed by atoms with E-state index in [0.29, 0.717) is 6.29 Å². The van der Waals surface area contributed by atoms with E-state index >= 15 is 0 Å². The van der Waals surface area contributed by atoms with Gasteiger partial charge in [0.05, 0.1) is 10.6 Å². The fraction of sp³-hybridized carbons (Fsp3) is 0.333. The van der Waals surface area contributed by atoms with Crippen molar-refractivity contribution in [1.82, 2.24) is 5.48 Å². The van der Waals surface area contributed by atoms with E-state index in [2.05, 4.69) is 5.48 Å². The molecule has 1 aromatic rings. The van der Waals surface area contributed by atoms with E-state index in [0.717, 1.165) is 0 Å².